The number of amides is 1. The molecular formula is C14H19N5O. The van der Waals surface area contributed by atoms with Gasteiger partial charge in [0.25, 0.3) is 5.91 Å². The zero-order valence-electron chi connectivity index (χ0n) is 11.5. The highest BCUT2D eigenvalue weighted by Crippen LogP contribution is 2.04. The SMILES string of the molecule is CCCNCCNC(=O)c1cccc(-n2cccn2)n1. The number of hydrogen-bond acceptors (Lipinski definition) is 4. The molecule has 6 nitrogen and oxygen atoms in total. The smallest absolute Gasteiger partial charge is 0.270 e. The van der Waals surface area contributed by atoms with Crippen molar-refractivity contribution in [3.63, 3.8) is 0 Å². The summed E-state index contributed by atoms with van der Waals surface area (Å²) in [5, 5.41) is 10.2. The van der Waals surface area contributed by atoms with Crippen molar-refractivity contribution in [1.82, 2.24) is 25.4 Å². The second kappa shape index (κ2) is 7.40. The van der Waals surface area contributed by atoms with Crippen LogP contribution in [-0.2, 0) is 0 Å². The van der Waals surface area contributed by atoms with Crippen molar-refractivity contribution in [2.45, 2.75) is 13.3 Å². The lowest BCUT2D eigenvalue weighted by Crippen LogP contribution is -2.32. The van der Waals surface area contributed by atoms with Gasteiger partial charge in [-0.1, -0.05) is 13.0 Å². The summed E-state index contributed by atoms with van der Waals surface area (Å²) in [6, 6.07) is 7.12. The molecule has 0 aliphatic heterocycles. The van der Waals surface area contributed by atoms with Crippen molar-refractivity contribution in [3.8, 4) is 5.82 Å². The van der Waals surface area contributed by atoms with Crippen LogP contribution in [0.3, 0.4) is 0 Å². The van der Waals surface area contributed by atoms with Crippen LogP contribution in [0.4, 0.5) is 0 Å². The van der Waals surface area contributed by atoms with E-state index in [1.807, 2.05) is 12.1 Å². The van der Waals surface area contributed by atoms with Crippen molar-refractivity contribution >= 4 is 5.91 Å². The quantitative estimate of drug-likeness (QED) is 0.738. The zero-order valence-corrected chi connectivity index (χ0v) is 11.5. The lowest BCUT2D eigenvalue weighted by molar-refractivity contribution is 0.0949. The van der Waals surface area contributed by atoms with Gasteiger partial charge in [-0.2, -0.15) is 5.10 Å². The molecular weight excluding hydrogens is 254 g/mol. The molecule has 0 aliphatic carbocycles. The Morgan fingerprint density at radius 3 is 2.90 bits per heavy atom. The third-order valence-corrected chi connectivity index (χ3v) is 2.72. The van der Waals surface area contributed by atoms with Crippen molar-refractivity contribution in [1.29, 1.82) is 0 Å². The first-order valence-corrected chi connectivity index (χ1v) is 6.77. The number of nitrogens with one attached hydrogen (secondary N) is 2. The van der Waals surface area contributed by atoms with Crippen LogP contribution in [0.2, 0.25) is 0 Å². The molecule has 0 fully saturated rings. The molecule has 20 heavy (non-hydrogen) atoms. The Labute approximate surface area is 118 Å². The van der Waals surface area contributed by atoms with Gasteiger partial charge in [0.05, 0.1) is 0 Å². The van der Waals surface area contributed by atoms with Crippen LogP contribution in [0.5, 0.6) is 0 Å². The Bertz CT molecular complexity index is 538. The molecule has 2 aromatic rings. The molecule has 0 unspecified atom stereocenters. The minimum Gasteiger partial charge on any atom is -0.349 e. The largest absolute Gasteiger partial charge is 0.349 e. The molecule has 2 N–H and O–H groups in total. The fourth-order valence-electron chi connectivity index (χ4n) is 1.74. The minimum atomic E-state index is -0.169. The second-order valence-electron chi connectivity index (χ2n) is 4.34. The van der Waals surface area contributed by atoms with Gasteiger partial charge in [0, 0.05) is 25.5 Å². The van der Waals surface area contributed by atoms with Gasteiger partial charge in [-0.15, -0.1) is 0 Å². The summed E-state index contributed by atoms with van der Waals surface area (Å²) in [7, 11) is 0. The monoisotopic (exact) mass is 273 g/mol. The molecule has 0 radical (unpaired) electrons. The molecule has 0 spiro atoms. The van der Waals surface area contributed by atoms with Crippen molar-refractivity contribution in [2.75, 3.05) is 19.6 Å². The van der Waals surface area contributed by atoms with Crippen LogP contribution in [0, 0.1) is 0 Å². The van der Waals surface area contributed by atoms with Crippen LogP contribution >= 0.6 is 0 Å². The molecule has 0 aliphatic rings. The van der Waals surface area contributed by atoms with Crippen LogP contribution in [0.15, 0.2) is 36.7 Å². The zero-order chi connectivity index (χ0) is 14.2. The van der Waals surface area contributed by atoms with Crippen molar-refractivity contribution < 1.29 is 4.79 Å². The highest BCUT2D eigenvalue weighted by Gasteiger charge is 2.08. The van der Waals surface area contributed by atoms with E-state index >= 15 is 0 Å². The molecule has 106 valence electrons. The van der Waals surface area contributed by atoms with E-state index in [2.05, 4.69) is 27.6 Å². The molecule has 0 aromatic carbocycles. The number of carbonyl (C=O) groups excluding carboxylic acids is 1. The predicted octanol–water partition coefficient (Wildman–Crippen LogP) is 0.997. The fourth-order valence-corrected chi connectivity index (χ4v) is 1.74. The average molecular weight is 273 g/mol. The highest BCUT2D eigenvalue weighted by atomic mass is 16.1. The Morgan fingerprint density at radius 1 is 1.25 bits per heavy atom. The van der Waals surface area contributed by atoms with Gasteiger partial charge < -0.3 is 10.6 Å². The molecule has 1 amide bonds. The first kappa shape index (κ1) is 14.2. The molecule has 0 saturated carbocycles. The van der Waals surface area contributed by atoms with Crippen molar-refractivity contribution in [2.24, 2.45) is 0 Å². The normalized spacial score (nSPS) is 10.4. The van der Waals surface area contributed by atoms with Gasteiger partial charge in [-0.25, -0.2) is 9.67 Å². The highest BCUT2D eigenvalue weighted by molar-refractivity contribution is 5.92. The van der Waals surface area contributed by atoms with Gasteiger partial charge in [0.1, 0.15) is 5.69 Å². The molecule has 0 atom stereocenters. The summed E-state index contributed by atoms with van der Waals surface area (Å²) in [4.78, 5) is 16.3. The van der Waals surface area contributed by atoms with E-state index < -0.39 is 0 Å². The van der Waals surface area contributed by atoms with Crippen LogP contribution in [0.1, 0.15) is 23.8 Å². The molecule has 6 heteroatoms. The number of nitrogens with zero attached hydrogens (tertiary/aromatic N) is 3. The molecule has 0 saturated heterocycles. The lowest BCUT2D eigenvalue weighted by Gasteiger charge is -2.07. The summed E-state index contributed by atoms with van der Waals surface area (Å²) in [6.07, 6.45) is 4.55. The lowest BCUT2D eigenvalue weighted by atomic mass is 10.3. The van der Waals surface area contributed by atoms with E-state index in [0.29, 0.717) is 18.1 Å². The maximum absolute atomic E-state index is 12.0. The first-order chi connectivity index (χ1) is 9.81. The van der Waals surface area contributed by atoms with Crippen LogP contribution in [-0.4, -0.2) is 40.3 Å². The maximum Gasteiger partial charge on any atom is 0.270 e. The van der Waals surface area contributed by atoms with E-state index in [1.54, 1.807) is 29.2 Å². The fraction of sp³-hybridized carbons (Fsp3) is 0.357. The van der Waals surface area contributed by atoms with Crippen LogP contribution in [0.25, 0.3) is 5.82 Å². The Kier molecular flexibility index (Phi) is 5.25. The first-order valence-electron chi connectivity index (χ1n) is 6.77. The Hall–Kier alpha value is -2.21. The number of pyridine rings is 1. The van der Waals surface area contributed by atoms with E-state index in [9.17, 15) is 4.79 Å². The maximum atomic E-state index is 12.0. The topological polar surface area (TPSA) is 71.8 Å². The van der Waals surface area contributed by atoms with Gasteiger partial charge in [-0.3, -0.25) is 4.79 Å². The predicted molar refractivity (Wildman–Crippen MR) is 76.9 cm³/mol. The number of hydrogen-bond donors (Lipinski definition) is 2. The van der Waals surface area contributed by atoms with Gasteiger partial charge in [-0.05, 0) is 31.2 Å². The minimum absolute atomic E-state index is 0.169. The number of carbonyl (C=O) groups is 1. The van der Waals surface area contributed by atoms with E-state index in [0.717, 1.165) is 19.5 Å². The number of aromatic nitrogens is 3. The van der Waals surface area contributed by atoms with Gasteiger partial charge in [0.15, 0.2) is 5.82 Å². The molecule has 0 bridgehead atoms. The van der Waals surface area contributed by atoms with E-state index in [4.69, 9.17) is 0 Å². The molecule has 2 rings (SSSR count). The van der Waals surface area contributed by atoms with Gasteiger partial charge in [0.2, 0.25) is 0 Å². The van der Waals surface area contributed by atoms with E-state index in [-0.39, 0.29) is 5.91 Å². The summed E-state index contributed by atoms with van der Waals surface area (Å²) >= 11 is 0. The van der Waals surface area contributed by atoms with Crippen molar-refractivity contribution in [3.05, 3.63) is 42.4 Å². The molecule has 2 aromatic heterocycles. The number of rotatable bonds is 7. The average Bonchev–Trinajstić information content (AvgIpc) is 3.01. The summed E-state index contributed by atoms with van der Waals surface area (Å²) in [5.41, 5.74) is 0.397. The van der Waals surface area contributed by atoms with Gasteiger partial charge >= 0.3 is 0 Å². The third kappa shape index (κ3) is 3.89. The van der Waals surface area contributed by atoms with Crippen LogP contribution < -0.4 is 10.6 Å². The Morgan fingerprint density at radius 2 is 2.15 bits per heavy atom. The standard InChI is InChI=1S/C14H19N5O/c1-2-7-15-9-10-16-14(20)12-5-3-6-13(18-12)19-11-4-8-17-19/h3-6,8,11,15H,2,7,9-10H2,1H3,(H,16,20). The summed E-state index contributed by atoms with van der Waals surface area (Å²) in [6.45, 7) is 4.42. The second-order valence-corrected chi connectivity index (χ2v) is 4.34. The Balaban J connectivity index is 1.92. The summed E-state index contributed by atoms with van der Waals surface area (Å²) in [5.74, 6) is 0.462. The third-order valence-electron chi connectivity index (χ3n) is 2.72. The van der Waals surface area contributed by atoms with E-state index in [1.165, 1.54) is 0 Å². The summed E-state index contributed by atoms with van der Waals surface area (Å²) < 4.78 is 1.62. The molecule has 2 heterocycles.